The standard InChI is InChI=1S/C13H20N8/c1-2-5-19-7-9-20(10-8-19)12-16-11(14)17-13(18-12)21-6-3-4-15-21/h3-4,6H,2,5,7-10H2,1H3,(H2,14,16,17,18). The van der Waals surface area contributed by atoms with Crippen molar-refractivity contribution in [1.82, 2.24) is 29.6 Å². The van der Waals surface area contributed by atoms with Crippen LogP contribution in [-0.2, 0) is 0 Å². The summed E-state index contributed by atoms with van der Waals surface area (Å²) >= 11 is 0. The molecule has 3 heterocycles. The third kappa shape index (κ3) is 3.10. The number of aromatic nitrogens is 5. The molecule has 3 rings (SSSR count). The van der Waals surface area contributed by atoms with Gasteiger partial charge in [-0.1, -0.05) is 6.92 Å². The molecule has 1 aliphatic rings. The summed E-state index contributed by atoms with van der Waals surface area (Å²) in [6, 6.07) is 1.82. The number of nitrogens with two attached hydrogens (primary N) is 1. The monoisotopic (exact) mass is 288 g/mol. The molecule has 0 radical (unpaired) electrons. The van der Waals surface area contributed by atoms with E-state index >= 15 is 0 Å². The summed E-state index contributed by atoms with van der Waals surface area (Å²) < 4.78 is 1.59. The van der Waals surface area contributed by atoms with E-state index < -0.39 is 0 Å². The quantitative estimate of drug-likeness (QED) is 0.858. The molecule has 0 bridgehead atoms. The van der Waals surface area contributed by atoms with E-state index in [2.05, 4.69) is 36.8 Å². The van der Waals surface area contributed by atoms with E-state index in [4.69, 9.17) is 5.73 Å². The van der Waals surface area contributed by atoms with Gasteiger partial charge in [0.2, 0.25) is 11.9 Å². The van der Waals surface area contributed by atoms with Gasteiger partial charge in [-0.25, -0.2) is 4.68 Å². The highest BCUT2D eigenvalue weighted by molar-refractivity contribution is 5.38. The molecule has 1 fully saturated rings. The fourth-order valence-electron chi connectivity index (χ4n) is 2.49. The van der Waals surface area contributed by atoms with Crippen molar-refractivity contribution in [3.63, 3.8) is 0 Å². The zero-order valence-corrected chi connectivity index (χ0v) is 12.2. The SMILES string of the molecule is CCCN1CCN(c2nc(N)nc(-n3cccn3)n2)CC1. The Balaban J connectivity index is 1.77. The van der Waals surface area contributed by atoms with E-state index in [9.17, 15) is 0 Å². The summed E-state index contributed by atoms with van der Waals surface area (Å²) in [7, 11) is 0. The van der Waals surface area contributed by atoms with Crippen molar-refractivity contribution in [2.75, 3.05) is 43.4 Å². The number of anilines is 2. The van der Waals surface area contributed by atoms with Gasteiger partial charge in [0, 0.05) is 38.6 Å². The number of piperazine rings is 1. The predicted molar refractivity (Wildman–Crippen MR) is 80.3 cm³/mol. The lowest BCUT2D eigenvalue weighted by Gasteiger charge is -2.34. The molecule has 112 valence electrons. The highest BCUT2D eigenvalue weighted by atomic mass is 15.4. The summed E-state index contributed by atoms with van der Waals surface area (Å²) in [6.07, 6.45) is 4.66. The van der Waals surface area contributed by atoms with Crippen LogP contribution in [0.3, 0.4) is 0 Å². The predicted octanol–water partition coefficient (Wildman–Crippen LogP) is 0.172. The third-order valence-corrected chi connectivity index (χ3v) is 3.53. The summed E-state index contributed by atoms with van der Waals surface area (Å²) in [4.78, 5) is 17.5. The largest absolute Gasteiger partial charge is 0.368 e. The van der Waals surface area contributed by atoms with Crippen LogP contribution in [0.5, 0.6) is 0 Å². The maximum atomic E-state index is 5.81. The van der Waals surface area contributed by atoms with Gasteiger partial charge in [0.1, 0.15) is 0 Å². The van der Waals surface area contributed by atoms with Crippen molar-refractivity contribution in [3.8, 4) is 5.95 Å². The fraction of sp³-hybridized carbons (Fsp3) is 0.538. The molecule has 2 aromatic heterocycles. The first-order valence-corrected chi connectivity index (χ1v) is 7.25. The van der Waals surface area contributed by atoms with Gasteiger partial charge in [0.05, 0.1) is 0 Å². The number of nitrogen functional groups attached to an aromatic ring is 1. The molecule has 1 aliphatic heterocycles. The van der Waals surface area contributed by atoms with Gasteiger partial charge in [-0.3, -0.25) is 4.90 Å². The Kier molecular flexibility index (Phi) is 3.96. The van der Waals surface area contributed by atoms with E-state index in [1.165, 1.54) is 6.42 Å². The summed E-state index contributed by atoms with van der Waals surface area (Å²) in [5.74, 6) is 1.31. The van der Waals surface area contributed by atoms with Crippen molar-refractivity contribution in [2.24, 2.45) is 0 Å². The zero-order chi connectivity index (χ0) is 14.7. The topological polar surface area (TPSA) is 89.0 Å². The van der Waals surface area contributed by atoms with E-state index in [-0.39, 0.29) is 5.95 Å². The Bertz CT molecular complexity index is 574. The summed E-state index contributed by atoms with van der Waals surface area (Å²) in [5.41, 5.74) is 5.81. The Morgan fingerprint density at radius 3 is 2.52 bits per heavy atom. The lowest BCUT2D eigenvalue weighted by molar-refractivity contribution is 0.257. The molecule has 0 aliphatic carbocycles. The van der Waals surface area contributed by atoms with E-state index in [1.54, 1.807) is 17.1 Å². The molecular formula is C13H20N8. The van der Waals surface area contributed by atoms with Crippen molar-refractivity contribution in [3.05, 3.63) is 18.5 Å². The average Bonchev–Trinajstić information content (AvgIpc) is 3.02. The first kappa shape index (κ1) is 13.7. The second-order valence-electron chi connectivity index (χ2n) is 5.07. The van der Waals surface area contributed by atoms with Crippen LogP contribution in [0.15, 0.2) is 18.5 Å². The number of hydrogen-bond donors (Lipinski definition) is 1. The van der Waals surface area contributed by atoms with Gasteiger partial charge < -0.3 is 10.6 Å². The van der Waals surface area contributed by atoms with Crippen molar-refractivity contribution >= 4 is 11.9 Å². The molecule has 0 spiro atoms. The lowest BCUT2D eigenvalue weighted by atomic mass is 10.3. The number of rotatable bonds is 4. The van der Waals surface area contributed by atoms with Gasteiger partial charge in [-0.15, -0.1) is 0 Å². The highest BCUT2D eigenvalue weighted by Gasteiger charge is 2.19. The molecule has 0 atom stereocenters. The molecular weight excluding hydrogens is 268 g/mol. The molecule has 8 heteroatoms. The van der Waals surface area contributed by atoms with Crippen molar-refractivity contribution in [1.29, 1.82) is 0 Å². The second-order valence-corrected chi connectivity index (χ2v) is 5.07. The van der Waals surface area contributed by atoms with Gasteiger partial charge in [0.25, 0.3) is 5.95 Å². The van der Waals surface area contributed by atoms with Crippen molar-refractivity contribution < 1.29 is 0 Å². The first-order valence-electron chi connectivity index (χ1n) is 7.25. The second kappa shape index (κ2) is 6.04. The Morgan fingerprint density at radius 2 is 1.86 bits per heavy atom. The van der Waals surface area contributed by atoms with E-state index in [1.807, 2.05) is 6.07 Å². The molecule has 1 saturated heterocycles. The minimum absolute atomic E-state index is 0.224. The fourth-order valence-corrected chi connectivity index (χ4v) is 2.49. The van der Waals surface area contributed by atoms with E-state index in [0.29, 0.717) is 11.9 Å². The Hall–Kier alpha value is -2.22. The Labute approximate surface area is 123 Å². The normalized spacial score (nSPS) is 16.3. The van der Waals surface area contributed by atoms with Crippen LogP contribution in [-0.4, -0.2) is 62.4 Å². The number of hydrogen-bond acceptors (Lipinski definition) is 7. The van der Waals surface area contributed by atoms with Crippen LogP contribution in [0.25, 0.3) is 5.95 Å². The van der Waals surface area contributed by atoms with Gasteiger partial charge in [0.15, 0.2) is 0 Å². The molecule has 21 heavy (non-hydrogen) atoms. The van der Waals surface area contributed by atoms with Gasteiger partial charge >= 0.3 is 0 Å². The van der Waals surface area contributed by atoms with Crippen molar-refractivity contribution in [2.45, 2.75) is 13.3 Å². The molecule has 2 aromatic rings. The van der Waals surface area contributed by atoms with Crippen LogP contribution in [0, 0.1) is 0 Å². The zero-order valence-electron chi connectivity index (χ0n) is 12.2. The van der Waals surface area contributed by atoms with Gasteiger partial charge in [-0.2, -0.15) is 20.1 Å². The molecule has 0 amide bonds. The molecule has 0 unspecified atom stereocenters. The van der Waals surface area contributed by atoms with E-state index in [0.717, 1.165) is 32.7 Å². The molecule has 2 N–H and O–H groups in total. The first-order chi connectivity index (χ1) is 10.3. The van der Waals surface area contributed by atoms with Crippen LogP contribution >= 0.6 is 0 Å². The molecule has 0 aromatic carbocycles. The number of nitrogens with zero attached hydrogens (tertiary/aromatic N) is 7. The minimum Gasteiger partial charge on any atom is -0.368 e. The maximum Gasteiger partial charge on any atom is 0.257 e. The third-order valence-electron chi connectivity index (χ3n) is 3.53. The van der Waals surface area contributed by atoms with Crippen LogP contribution in [0.2, 0.25) is 0 Å². The average molecular weight is 288 g/mol. The van der Waals surface area contributed by atoms with Crippen LogP contribution in [0.4, 0.5) is 11.9 Å². The van der Waals surface area contributed by atoms with Gasteiger partial charge in [-0.05, 0) is 19.0 Å². The molecule has 0 saturated carbocycles. The smallest absolute Gasteiger partial charge is 0.257 e. The summed E-state index contributed by atoms with van der Waals surface area (Å²) in [6.45, 7) is 7.21. The van der Waals surface area contributed by atoms with Crippen LogP contribution < -0.4 is 10.6 Å². The van der Waals surface area contributed by atoms with Crippen LogP contribution in [0.1, 0.15) is 13.3 Å². The molecule has 8 nitrogen and oxygen atoms in total. The summed E-state index contributed by atoms with van der Waals surface area (Å²) in [5, 5.41) is 4.13. The Morgan fingerprint density at radius 1 is 1.10 bits per heavy atom. The maximum absolute atomic E-state index is 5.81. The highest BCUT2D eigenvalue weighted by Crippen LogP contribution is 2.14. The lowest BCUT2D eigenvalue weighted by Crippen LogP contribution is -2.47. The minimum atomic E-state index is 0.224.